The van der Waals surface area contributed by atoms with Crippen molar-refractivity contribution in [3.8, 4) is 5.75 Å². The van der Waals surface area contributed by atoms with E-state index in [9.17, 15) is 0 Å². The van der Waals surface area contributed by atoms with Crippen LogP contribution in [-0.2, 0) is 0 Å². The second-order valence-corrected chi connectivity index (χ2v) is 4.61. The smallest absolute Gasteiger partial charge is 0.119 e. The lowest BCUT2D eigenvalue weighted by Crippen LogP contribution is -2.22. The predicted octanol–water partition coefficient (Wildman–Crippen LogP) is 3.01. The Kier molecular flexibility index (Phi) is 5.94. The summed E-state index contributed by atoms with van der Waals surface area (Å²) >= 11 is 0. The molecule has 90 valence electrons. The van der Waals surface area contributed by atoms with Gasteiger partial charge in [0.1, 0.15) is 5.75 Å². The van der Waals surface area contributed by atoms with E-state index in [0.717, 1.165) is 37.8 Å². The molecule has 0 aromatic heterocycles. The molecule has 1 aromatic carbocycles. The molecule has 0 bridgehead atoms. The van der Waals surface area contributed by atoms with Crippen LogP contribution < -0.4 is 10.1 Å². The molecule has 0 aliphatic carbocycles. The van der Waals surface area contributed by atoms with Gasteiger partial charge in [-0.3, -0.25) is 0 Å². The third-order valence-corrected chi connectivity index (χ3v) is 2.34. The first-order valence-corrected chi connectivity index (χ1v) is 6.08. The zero-order valence-corrected chi connectivity index (χ0v) is 10.6. The molecule has 16 heavy (non-hydrogen) atoms. The Morgan fingerprint density at radius 1 is 1.19 bits per heavy atom. The Morgan fingerprint density at radius 2 is 1.88 bits per heavy atom. The van der Waals surface area contributed by atoms with Crippen LogP contribution in [0.15, 0.2) is 24.3 Å². The number of nitrogens with one attached hydrogen (secondary N) is 1. The third kappa shape index (κ3) is 5.76. The second kappa shape index (κ2) is 7.29. The number of hydrogen-bond acceptors (Lipinski definition) is 2. The summed E-state index contributed by atoms with van der Waals surface area (Å²) in [4.78, 5) is 0. The van der Waals surface area contributed by atoms with E-state index < -0.39 is 0 Å². The number of hydrogen-bond donors (Lipinski definition) is 1. The predicted molar refractivity (Wildman–Crippen MR) is 69.0 cm³/mol. The second-order valence-electron chi connectivity index (χ2n) is 4.61. The van der Waals surface area contributed by atoms with Gasteiger partial charge < -0.3 is 10.1 Å². The van der Waals surface area contributed by atoms with Crippen molar-refractivity contribution in [1.29, 1.82) is 0 Å². The van der Waals surface area contributed by atoms with E-state index in [4.69, 9.17) is 4.74 Å². The van der Waals surface area contributed by atoms with Crippen molar-refractivity contribution in [2.75, 3.05) is 19.7 Å². The molecule has 1 rings (SSSR count). The molecule has 0 aliphatic heterocycles. The molecule has 0 fully saturated rings. The van der Waals surface area contributed by atoms with E-state index in [1.165, 1.54) is 5.56 Å². The normalized spacial score (nSPS) is 10.8. The summed E-state index contributed by atoms with van der Waals surface area (Å²) in [5, 5.41) is 3.40. The maximum absolute atomic E-state index is 5.63. The molecule has 2 heteroatoms. The molecule has 0 atom stereocenters. The molecule has 0 radical (unpaired) electrons. The summed E-state index contributed by atoms with van der Waals surface area (Å²) in [6, 6.07) is 8.20. The third-order valence-electron chi connectivity index (χ3n) is 2.34. The Balaban J connectivity index is 2.05. The lowest BCUT2D eigenvalue weighted by Gasteiger charge is -2.08. The van der Waals surface area contributed by atoms with Crippen LogP contribution in [0.2, 0.25) is 0 Å². The van der Waals surface area contributed by atoms with E-state index in [2.05, 4.69) is 38.2 Å². The van der Waals surface area contributed by atoms with E-state index >= 15 is 0 Å². The fourth-order valence-corrected chi connectivity index (χ4v) is 1.41. The van der Waals surface area contributed by atoms with Crippen LogP contribution in [-0.4, -0.2) is 19.7 Å². The van der Waals surface area contributed by atoms with Crippen LogP contribution in [0.5, 0.6) is 5.75 Å². The molecule has 0 aliphatic rings. The van der Waals surface area contributed by atoms with Crippen LogP contribution >= 0.6 is 0 Å². The average Bonchev–Trinajstić information content (AvgIpc) is 2.25. The van der Waals surface area contributed by atoms with Gasteiger partial charge in [-0.25, -0.2) is 0 Å². The van der Waals surface area contributed by atoms with E-state index in [1.807, 2.05) is 12.1 Å². The van der Waals surface area contributed by atoms with Gasteiger partial charge in [0, 0.05) is 0 Å². The molecule has 0 saturated heterocycles. The van der Waals surface area contributed by atoms with E-state index in [0.29, 0.717) is 0 Å². The number of aryl methyl sites for hydroxylation is 1. The summed E-state index contributed by atoms with van der Waals surface area (Å²) < 4.78 is 5.63. The lowest BCUT2D eigenvalue weighted by atomic mass is 10.2. The highest BCUT2D eigenvalue weighted by Crippen LogP contribution is 2.11. The summed E-state index contributed by atoms with van der Waals surface area (Å²) in [5.41, 5.74) is 1.27. The van der Waals surface area contributed by atoms with Crippen molar-refractivity contribution in [2.45, 2.75) is 27.2 Å². The van der Waals surface area contributed by atoms with E-state index in [-0.39, 0.29) is 0 Å². The van der Waals surface area contributed by atoms with Crippen LogP contribution in [0, 0.1) is 12.8 Å². The standard InChI is InChI=1S/C14H23NO/c1-12(2)11-15-9-4-10-16-14-7-5-13(3)6-8-14/h5-8,12,15H,4,9-11H2,1-3H3. The van der Waals surface area contributed by atoms with Crippen molar-refractivity contribution in [2.24, 2.45) is 5.92 Å². The van der Waals surface area contributed by atoms with Gasteiger partial charge in [0.25, 0.3) is 0 Å². The molecule has 0 heterocycles. The highest BCUT2D eigenvalue weighted by molar-refractivity contribution is 5.26. The topological polar surface area (TPSA) is 21.3 Å². The first-order valence-electron chi connectivity index (χ1n) is 6.08. The van der Waals surface area contributed by atoms with Crippen LogP contribution in [0.1, 0.15) is 25.8 Å². The Bertz CT molecular complexity index is 279. The van der Waals surface area contributed by atoms with Gasteiger partial charge >= 0.3 is 0 Å². The van der Waals surface area contributed by atoms with Gasteiger partial charge in [-0.2, -0.15) is 0 Å². The Labute approximate surface area is 99.0 Å². The number of benzene rings is 1. The fraction of sp³-hybridized carbons (Fsp3) is 0.571. The maximum atomic E-state index is 5.63. The zero-order valence-electron chi connectivity index (χ0n) is 10.6. The molecule has 0 unspecified atom stereocenters. The van der Waals surface area contributed by atoms with Gasteiger partial charge in [-0.15, -0.1) is 0 Å². The van der Waals surface area contributed by atoms with Crippen LogP contribution in [0.4, 0.5) is 0 Å². The van der Waals surface area contributed by atoms with Gasteiger partial charge in [0.15, 0.2) is 0 Å². The molecular weight excluding hydrogens is 198 g/mol. The van der Waals surface area contributed by atoms with Crippen molar-refractivity contribution >= 4 is 0 Å². The molecule has 0 spiro atoms. The molecule has 2 nitrogen and oxygen atoms in total. The van der Waals surface area contributed by atoms with Crippen molar-refractivity contribution in [3.63, 3.8) is 0 Å². The van der Waals surface area contributed by atoms with Crippen LogP contribution in [0.25, 0.3) is 0 Å². The quantitative estimate of drug-likeness (QED) is 0.715. The minimum Gasteiger partial charge on any atom is -0.494 e. The molecule has 0 saturated carbocycles. The number of ether oxygens (including phenoxy) is 1. The first-order chi connectivity index (χ1) is 7.68. The fourth-order valence-electron chi connectivity index (χ4n) is 1.41. The van der Waals surface area contributed by atoms with Crippen molar-refractivity contribution < 1.29 is 4.74 Å². The minimum atomic E-state index is 0.720. The van der Waals surface area contributed by atoms with Crippen molar-refractivity contribution in [1.82, 2.24) is 5.32 Å². The van der Waals surface area contributed by atoms with Gasteiger partial charge in [0.05, 0.1) is 6.61 Å². The zero-order chi connectivity index (χ0) is 11.8. The summed E-state index contributed by atoms with van der Waals surface area (Å²) in [7, 11) is 0. The maximum Gasteiger partial charge on any atom is 0.119 e. The van der Waals surface area contributed by atoms with Crippen LogP contribution in [0.3, 0.4) is 0 Å². The summed E-state index contributed by atoms with van der Waals surface area (Å²) in [5.74, 6) is 1.69. The largest absolute Gasteiger partial charge is 0.494 e. The Hall–Kier alpha value is -1.02. The van der Waals surface area contributed by atoms with Crippen molar-refractivity contribution in [3.05, 3.63) is 29.8 Å². The Morgan fingerprint density at radius 3 is 2.50 bits per heavy atom. The van der Waals surface area contributed by atoms with Gasteiger partial charge in [-0.1, -0.05) is 31.5 Å². The summed E-state index contributed by atoms with van der Waals surface area (Å²) in [6.07, 6.45) is 1.06. The van der Waals surface area contributed by atoms with Gasteiger partial charge in [-0.05, 0) is 44.5 Å². The first kappa shape index (κ1) is 13.0. The monoisotopic (exact) mass is 221 g/mol. The SMILES string of the molecule is Cc1ccc(OCCCNCC(C)C)cc1. The summed E-state index contributed by atoms with van der Waals surface area (Å²) in [6.45, 7) is 9.42. The molecule has 0 amide bonds. The minimum absolute atomic E-state index is 0.720. The number of rotatable bonds is 7. The lowest BCUT2D eigenvalue weighted by molar-refractivity contribution is 0.307. The molecule has 1 N–H and O–H groups in total. The molecule has 1 aromatic rings. The highest BCUT2D eigenvalue weighted by Gasteiger charge is 1.94. The molecular formula is C14H23NO. The van der Waals surface area contributed by atoms with Gasteiger partial charge in [0.2, 0.25) is 0 Å². The highest BCUT2D eigenvalue weighted by atomic mass is 16.5. The average molecular weight is 221 g/mol. The van der Waals surface area contributed by atoms with E-state index in [1.54, 1.807) is 0 Å².